The standard InChI is InChI=1S/C15H23NS/c1-3-16-15(13-8-9-13)11-17-10-14-7-5-4-6-12(14)2/h4-7,13,15-16H,3,8-11H2,1-2H3. The molecule has 0 radical (unpaired) electrons. The Kier molecular flexibility index (Phi) is 4.93. The molecule has 1 atom stereocenters. The fourth-order valence-electron chi connectivity index (χ4n) is 2.19. The third-order valence-electron chi connectivity index (χ3n) is 3.47. The van der Waals surface area contributed by atoms with Crippen molar-refractivity contribution in [3.8, 4) is 0 Å². The molecule has 1 aromatic rings. The van der Waals surface area contributed by atoms with Gasteiger partial charge in [-0.2, -0.15) is 11.8 Å². The summed E-state index contributed by atoms with van der Waals surface area (Å²) in [7, 11) is 0. The molecule has 0 heterocycles. The lowest BCUT2D eigenvalue weighted by molar-refractivity contribution is 0.519. The number of nitrogens with one attached hydrogen (secondary N) is 1. The Labute approximate surface area is 109 Å². The fraction of sp³-hybridized carbons (Fsp3) is 0.600. The summed E-state index contributed by atoms with van der Waals surface area (Å²) in [6.45, 7) is 5.52. The Morgan fingerprint density at radius 1 is 1.35 bits per heavy atom. The largest absolute Gasteiger partial charge is 0.313 e. The Bertz CT molecular complexity index is 347. The molecule has 1 aliphatic rings. The normalized spacial score (nSPS) is 17.1. The maximum Gasteiger partial charge on any atom is 0.0187 e. The van der Waals surface area contributed by atoms with Crippen LogP contribution >= 0.6 is 11.8 Å². The minimum atomic E-state index is 0.744. The fourth-order valence-corrected chi connectivity index (χ4v) is 3.50. The Hall–Kier alpha value is -0.470. The highest BCUT2D eigenvalue weighted by Gasteiger charge is 2.30. The lowest BCUT2D eigenvalue weighted by atomic mass is 10.1. The first kappa shape index (κ1) is 13.0. The number of hydrogen-bond donors (Lipinski definition) is 1. The van der Waals surface area contributed by atoms with Crippen LogP contribution in [0.5, 0.6) is 0 Å². The Morgan fingerprint density at radius 2 is 2.12 bits per heavy atom. The van der Waals surface area contributed by atoms with Crippen LogP contribution in [0, 0.1) is 12.8 Å². The Balaban J connectivity index is 1.76. The summed E-state index contributed by atoms with van der Waals surface area (Å²) in [6.07, 6.45) is 2.87. The average molecular weight is 249 g/mol. The molecule has 1 aromatic carbocycles. The van der Waals surface area contributed by atoms with Crippen LogP contribution < -0.4 is 5.32 Å². The molecule has 0 aromatic heterocycles. The van der Waals surface area contributed by atoms with Crippen molar-refractivity contribution in [3.05, 3.63) is 35.4 Å². The molecule has 94 valence electrons. The predicted molar refractivity (Wildman–Crippen MR) is 77.5 cm³/mol. The van der Waals surface area contributed by atoms with E-state index in [-0.39, 0.29) is 0 Å². The van der Waals surface area contributed by atoms with Crippen molar-refractivity contribution in [1.82, 2.24) is 5.32 Å². The molecule has 17 heavy (non-hydrogen) atoms. The van der Waals surface area contributed by atoms with Gasteiger partial charge >= 0.3 is 0 Å². The molecule has 1 N–H and O–H groups in total. The number of benzene rings is 1. The summed E-state index contributed by atoms with van der Waals surface area (Å²) in [5.74, 6) is 3.37. The van der Waals surface area contributed by atoms with Gasteiger partial charge in [-0.05, 0) is 43.4 Å². The van der Waals surface area contributed by atoms with Gasteiger partial charge < -0.3 is 5.32 Å². The number of thioether (sulfide) groups is 1. The van der Waals surface area contributed by atoms with Crippen molar-refractivity contribution in [2.75, 3.05) is 12.3 Å². The lowest BCUT2D eigenvalue weighted by Gasteiger charge is -2.16. The van der Waals surface area contributed by atoms with Gasteiger partial charge in [0.15, 0.2) is 0 Å². The van der Waals surface area contributed by atoms with Crippen molar-refractivity contribution in [2.24, 2.45) is 5.92 Å². The minimum absolute atomic E-state index is 0.744. The van der Waals surface area contributed by atoms with E-state index in [0.717, 1.165) is 24.3 Å². The SMILES string of the molecule is CCNC(CSCc1ccccc1C)C1CC1. The van der Waals surface area contributed by atoms with Gasteiger partial charge in [-0.15, -0.1) is 0 Å². The highest BCUT2D eigenvalue weighted by atomic mass is 32.2. The van der Waals surface area contributed by atoms with Crippen LogP contribution in [0.1, 0.15) is 30.9 Å². The van der Waals surface area contributed by atoms with Crippen molar-refractivity contribution in [1.29, 1.82) is 0 Å². The average Bonchev–Trinajstić information content (AvgIpc) is 3.14. The van der Waals surface area contributed by atoms with Gasteiger partial charge in [-0.25, -0.2) is 0 Å². The molecule has 1 fully saturated rings. The van der Waals surface area contributed by atoms with Crippen molar-refractivity contribution < 1.29 is 0 Å². The summed E-state index contributed by atoms with van der Waals surface area (Å²) in [4.78, 5) is 0. The van der Waals surface area contributed by atoms with Gasteiger partial charge in [0.25, 0.3) is 0 Å². The summed E-state index contributed by atoms with van der Waals surface area (Å²) in [5.41, 5.74) is 2.91. The van der Waals surface area contributed by atoms with Crippen LogP contribution in [0.3, 0.4) is 0 Å². The van der Waals surface area contributed by atoms with E-state index < -0.39 is 0 Å². The van der Waals surface area contributed by atoms with Crippen LogP contribution in [0.15, 0.2) is 24.3 Å². The molecule has 1 unspecified atom stereocenters. The molecule has 0 amide bonds. The molecule has 1 saturated carbocycles. The van der Waals surface area contributed by atoms with Crippen molar-refractivity contribution in [2.45, 2.75) is 38.5 Å². The van der Waals surface area contributed by atoms with Gasteiger partial charge in [-0.1, -0.05) is 31.2 Å². The van der Waals surface area contributed by atoms with Crippen LogP contribution in [-0.2, 0) is 5.75 Å². The zero-order chi connectivity index (χ0) is 12.1. The van der Waals surface area contributed by atoms with Gasteiger partial charge in [-0.3, -0.25) is 0 Å². The molecular weight excluding hydrogens is 226 g/mol. The molecule has 1 nitrogen and oxygen atoms in total. The molecule has 1 aliphatic carbocycles. The quantitative estimate of drug-likeness (QED) is 0.792. The first-order valence-electron chi connectivity index (χ1n) is 6.67. The van der Waals surface area contributed by atoms with Crippen LogP contribution in [-0.4, -0.2) is 18.3 Å². The second-order valence-corrected chi connectivity index (χ2v) is 5.97. The van der Waals surface area contributed by atoms with Crippen LogP contribution in [0.4, 0.5) is 0 Å². The maximum atomic E-state index is 3.62. The molecule has 0 bridgehead atoms. The van der Waals surface area contributed by atoms with E-state index in [4.69, 9.17) is 0 Å². The highest BCUT2D eigenvalue weighted by Crippen LogP contribution is 2.34. The van der Waals surface area contributed by atoms with Gasteiger partial charge in [0.2, 0.25) is 0 Å². The van der Waals surface area contributed by atoms with E-state index in [0.29, 0.717) is 0 Å². The molecular formula is C15H23NS. The van der Waals surface area contributed by atoms with Crippen LogP contribution in [0.25, 0.3) is 0 Å². The summed E-state index contributed by atoms with van der Waals surface area (Å²) < 4.78 is 0. The first-order valence-corrected chi connectivity index (χ1v) is 7.82. The Morgan fingerprint density at radius 3 is 2.76 bits per heavy atom. The summed E-state index contributed by atoms with van der Waals surface area (Å²) in [6, 6.07) is 9.47. The molecule has 2 heteroatoms. The van der Waals surface area contributed by atoms with Gasteiger partial charge in [0.1, 0.15) is 0 Å². The molecule has 0 saturated heterocycles. The third-order valence-corrected chi connectivity index (χ3v) is 4.58. The highest BCUT2D eigenvalue weighted by molar-refractivity contribution is 7.98. The van der Waals surface area contributed by atoms with Crippen molar-refractivity contribution in [3.63, 3.8) is 0 Å². The summed E-state index contributed by atoms with van der Waals surface area (Å²) in [5, 5.41) is 3.62. The molecule has 2 rings (SSSR count). The molecule has 0 aliphatic heterocycles. The van der Waals surface area contributed by atoms with Gasteiger partial charge in [0, 0.05) is 17.5 Å². The minimum Gasteiger partial charge on any atom is -0.313 e. The smallest absolute Gasteiger partial charge is 0.0187 e. The zero-order valence-electron chi connectivity index (χ0n) is 10.9. The van der Waals surface area contributed by atoms with E-state index >= 15 is 0 Å². The van der Waals surface area contributed by atoms with E-state index in [9.17, 15) is 0 Å². The lowest BCUT2D eigenvalue weighted by Crippen LogP contribution is -2.33. The second kappa shape index (κ2) is 6.46. The predicted octanol–water partition coefficient (Wildman–Crippen LogP) is 3.62. The van der Waals surface area contributed by atoms with E-state index in [1.54, 1.807) is 0 Å². The van der Waals surface area contributed by atoms with E-state index in [1.165, 1.54) is 29.7 Å². The van der Waals surface area contributed by atoms with E-state index in [2.05, 4.69) is 55.2 Å². The monoisotopic (exact) mass is 249 g/mol. The third kappa shape index (κ3) is 4.04. The number of aryl methyl sites for hydroxylation is 1. The molecule has 0 spiro atoms. The number of hydrogen-bond acceptors (Lipinski definition) is 2. The second-order valence-electron chi connectivity index (χ2n) is 4.94. The summed E-state index contributed by atoms with van der Waals surface area (Å²) >= 11 is 2.07. The number of rotatable bonds is 7. The topological polar surface area (TPSA) is 12.0 Å². The first-order chi connectivity index (χ1) is 8.31. The maximum absolute atomic E-state index is 3.62. The van der Waals surface area contributed by atoms with Gasteiger partial charge in [0.05, 0.1) is 0 Å². The van der Waals surface area contributed by atoms with Crippen LogP contribution in [0.2, 0.25) is 0 Å². The van der Waals surface area contributed by atoms with Crippen molar-refractivity contribution >= 4 is 11.8 Å². The zero-order valence-corrected chi connectivity index (χ0v) is 11.7. The van der Waals surface area contributed by atoms with E-state index in [1.807, 2.05) is 0 Å².